The Morgan fingerprint density at radius 2 is 1.97 bits per heavy atom. The zero-order chi connectivity index (χ0) is 21.2. The number of benzene rings is 1. The van der Waals surface area contributed by atoms with Crippen LogP contribution in [0.3, 0.4) is 0 Å². The quantitative estimate of drug-likeness (QED) is 0.660. The van der Waals surface area contributed by atoms with Crippen molar-refractivity contribution in [2.24, 2.45) is 11.8 Å². The molecule has 2 aromatic heterocycles. The number of anilines is 1. The van der Waals surface area contributed by atoms with Gasteiger partial charge in [0, 0.05) is 31.0 Å². The predicted molar refractivity (Wildman–Crippen MR) is 116 cm³/mol. The van der Waals surface area contributed by atoms with Gasteiger partial charge in [0.2, 0.25) is 0 Å². The average Bonchev–Trinajstić information content (AvgIpc) is 3.41. The number of nitriles is 1. The lowest BCUT2D eigenvalue weighted by Gasteiger charge is -2.35. The van der Waals surface area contributed by atoms with Crippen molar-refractivity contribution in [3.63, 3.8) is 0 Å². The molecule has 1 saturated carbocycles. The summed E-state index contributed by atoms with van der Waals surface area (Å²) in [4.78, 5) is 10.8. The Morgan fingerprint density at radius 1 is 1.13 bits per heavy atom. The van der Waals surface area contributed by atoms with Crippen LogP contribution in [-0.4, -0.2) is 45.2 Å². The maximum atomic E-state index is 10.7. The van der Waals surface area contributed by atoms with E-state index in [1.54, 1.807) is 24.7 Å². The number of likely N-dealkylation sites (tertiary alicyclic amines) is 1. The van der Waals surface area contributed by atoms with E-state index in [-0.39, 0.29) is 12.1 Å². The van der Waals surface area contributed by atoms with Gasteiger partial charge in [-0.3, -0.25) is 9.88 Å². The van der Waals surface area contributed by atoms with E-state index in [9.17, 15) is 10.4 Å². The summed E-state index contributed by atoms with van der Waals surface area (Å²) < 4.78 is 6.08. The Morgan fingerprint density at radius 3 is 2.77 bits per heavy atom. The molecule has 0 radical (unpaired) electrons. The molecular weight excluding hydrogens is 390 g/mol. The molecule has 5 rings (SSSR count). The van der Waals surface area contributed by atoms with Crippen LogP contribution in [0.15, 0.2) is 59.4 Å². The third-order valence-corrected chi connectivity index (χ3v) is 6.47. The Balaban J connectivity index is 1.22. The number of rotatable bonds is 5. The van der Waals surface area contributed by atoms with E-state index in [1.807, 2.05) is 30.3 Å². The minimum atomic E-state index is -0.388. The smallest absolute Gasteiger partial charge is 0.144 e. The minimum Gasteiger partial charge on any atom is -0.460 e. The Kier molecular flexibility index (Phi) is 5.41. The molecular formula is C24H25N5O2. The van der Waals surface area contributed by atoms with E-state index < -0.39 is 0 Å². The molecule has 1 saturated heterocycles. The van der Waals surface area contributed by atoms with Crippen LogP contribution in [0.25, 0.3) is 11.3 Å². The highest BCUT2D eigenvalue weighted by Crippen LogP contribution is 2.38. The van der Waals surface area contributed by atoms with Crippen LogP contribution in [0, 0.1) is 23.2 Å². The molecule has 3 heterocycles. The average molecular weight is 415 g/mol. The molecule has 7 heteroatoms. The van der Waals surface area contributed by atoms with Crippen LogP contribution in [-0.2, 0) is 6.54 Å². The molecule has 2 fully saturated rings. The summed E-state index contributed by atoms with van der Waals surface area (Å²) in [6, 6.07) is 13.7. The summed E-state index contributed by atoms with van der Waals surface area (Å²) in [5, 5.41) is 23.3. The first-order valence-electron chi connectivity index (χ1n) is 10.7. The summed E-state index contributed by atoms with van der Waals surface area (Å²) in [6.07, 6.45) is 6.31. The largest absolute Gasteiger partial charge is 0.460 e. The minimum absolute atomic E-state index is 0.00408. The fourth-order valence-corrected chi connectivity index (χ4v) is 5.00. The molecule has 1 aromatic carbocycles. The van der Waals surface area contributed by atoms with Gasteiger partial charge in [0.15, 0.2) is 0 Å². The van der Waals surface area contributed by atoms with Gasteiger partial charge in [-0.25, -0.2) is 4.98 Å². The van der Waals surface area contributed by atoms with Crippen LogP contribution in [0.4, 0.5) is 5.82 Å². The summed E-state index contributed by atoms with van der Waals surface area (Å²) in [7, 11) is 0. The molecule has 4 atom stereocenters. The molecule has 3 aromatic rings. The molecule has 0 bridgehead atoms. The van der Waals surface area contributed by atoms with Gasteiger partial charge >= 0.3 is 0 Å². The number of nitrogens with zero attached hydrogens (tertiary/aromatic N) is 4. The monoisotopic (exact) mass is 415 g/mol. The van der Waals surface area contributed by atoms with Crippen molar-refractivity contribution in [3.05, 3.63) is 66.3 Å². The van der Waals surface area contributed by atoms with Gasteiger partial charge in [-0.15, -0.1) is 0 Å². The number of nitrogens with one attached hydrogen (secondary N) is 1. The van der Waals surface area contributed by atoms with Crippen molar-refractivity contribution in [2.45, 2.75) is 31.5 Å². The first kappa shape index (κ1) is 19.7. The second kappa shape index (κ2) is 8.50. The molecule has 31 heavy (non-hydrogen) atoms. The van der Waals surface area contributed by atoms with Crippen molar-refractivity contribution in [1.82, 2.24) is 14.9 Å². The summed E-state index contributed by atoms with van der Waals surface area (Å²) in [5.74, 6) is 3.36. The van der Waals surface area contributed by atoms with Gasteiger partial charge in [-0.1, -0.05) is 12.1 Å². The number of furan rings is 1. The fraction of sp³-hybridized carbons (Fsp3) is 0.375. The molecule has 2 N–H and O–H groups in total. The van der Waals surface area contributed by atoms with Crippen LogP contribution >= 0.6 is 0 Å². The normalized spacial score (nSPS) is 25.7. The highest BCUT2D eigenvalue weighted by molar-refractivity contribution is 5.66. The fourth-order valence-electron chi connectivity index (χ4n) is 5.00. The maximum Gasteiger partial charge on any atom is 0.144 e. The molecule has 1 aliphatic heterocycles. The van der Waals surface area contributed by atoms with Gasteiger partial charge in [0.05, 0.1) is 36.5 Å². The van der Waals surface area contributed by atoms with Crippen molar-refractivity contribution in [2.75, 3.05) is 18.4 Å². The number of hydrogen-bond donors (Lipinski definition) is 2. The highest BCUT2D eigenvalue weighted by Gasteiger charge is 2.41. The summed E-state index contributed by atoms with van der Waals surface area (Å²) in [6.45, 7) is 2.69. The van der Waals surface area contributed by atoms with Crippen molar-refractivity contribution in [1.29, 1.82) is 5.26 Å². The molecule has 0 amide bonds. The lowest BCUT2D eigenvalue weighted by Crippen LogP contribution is -2.43. The van der Waals surface area contributed by atoms with Crippen molar-refractivity contribution >= 4 is 5.82 Å². The maximum absolute atomic E-state index is 10.7. The number of aliphatic hydroxyl groups excluding tert-OH is 1. The molecule has 0 unspecified atom stereocenters. The molecule has 0 spiro atoms. The van der Waals surface area contributed by atoms with Crippen LogP contribution < -0.4 is 5.32 Å². The first-order chi connectivity index (χ1) is 15.2. The van der Waals surface area contributed by atoms with Gasteiger partial charge in [-0.05, 0) is 48.9 Å². The van der Waals surface area contributed by atoms with E-state index in [0.717, 1.165) is 49.6 Å². The van der Waals surface area contributed by atoms with Gasteiger partial charge in [0.25, 0.3) is 0 Å². The summed E-state index contributed by atoms with van der Waals surface area (Å²) in [5.41, 5.74) is 1.44. The number of hydrogen-bond acceptors (Lipinski definition) is 7. The Labute approximate surface area is 181 Å². The second-order valence-electron chi connectivity index (χ2n) is 8.52. The SMILES string of the molecule is N#Cc1ccccc1-c1ccc(CN2C[C@H]3C[C@@H](Nc4cnccn4)[C@H](O)C[C@H]3C2)o1. The first-order valence-corrected chi connectivity index (χ1v) is 10.7. The molecule has 2 aliphatic rings. The second-order valence-corrected chi connectivity index (χ2v) is 8.52. The van der Waals surface area contributed by atoms with Gasteiger partial charge in [0.1, 0.15) is 17.3 Å². The third-order valence-electron chi connectivity index (χ3n) is 6.47. The standard InChI is InChI=1S/C24H25N5O2/c25-11-16-3-1-2-4-20(16)23-6-5-19(31-23)15-29-13-17-9-21(22(30)10-18(17)14-29)28-24-12-26-7-8-27-24/h1-8,12,17-18,21-22,30H,9-10,13-15H2,(H,27,28)/t17-,18+,21-,22-/m1/s1. The molecule has 7 nitrogen and oxygen atoms in total. The number of aromatic nitrogens is 2. The topological polar surface area (TPSA) is 98.2 Å². The van der Waals surface area contributed by atoms with E-state index in [4.69, 9.17) is 4.42 Å². The van der Waals surface area contributed by atoms with E-state index >= 15 is 0 Å². The van der Waals surface area contributed by atoms with E-state index in [2.05, 4.69) is 26.3 Å². The van der Waals surface area contributed by atoms with Crippen molar-refractivity contribution in [3.8, 4) is 17.4 Å². The zero-order valence-electron chi connectivity index (χ0n) is 17.2. The Hall–Kier alpha value is -3.21. The van der Waals surface area contributed by atoms with Crippen LogP contribution in [0.5, 0.6) is 0 Å². The number of fused-ring (bicyclic) bond motifs is 1. The highest BCUT2D eigenvalue weighted by atomic mass is 16.3. The van der Waals surface area contributed by atoms with Crippen LogP contribution in [0.2, 0.25) is 0 Å². The molecule has 158 valence electrons. The Bertz CT molecular complexity index is 1080. The van der Waals surface area contributed by atoms with Crippen LogP contribution in [0.1, 0.15) is 24.2 Å². The third kappa shape index (κ3) is 4.18. The summed E-state index contributed by atoms with van der Waals surface area (Å²) >= 11 is 0. The zero-order valence-corrected chi connectivity index (χ0v) is 17.2. The number of aliphatic hydroxyl groups is 1. The predicted octanol–water partition coefficient (Wildman–Crippen LogP) is 3.29. The van der Waals surface area contributed by atoms with Crippen molar-refractivity contribution < 1.29 is 9.52 Å². The lowest BCUT2D eigenvalue weighted by molar-refractivity contribution is 0.0735. The van der Waals surface area contributed by atoms with Gasteiger partial charge in [-0.2, -0.15) is 5.26 Å². The van der Waals surface area contributed by atoms with Gasteiger partial charge < -0.3 is 14.8 Å². The lowest BCUT2D eigenvalue weighted by atomic mass is 9.77. The molecule has 1 aliphatic carbocycles. The van der Waals surface area contributed by atoms with E-state index in [0.29, 0.717) is 23.2 Å². The van der Waals surface area contributed by atoms with E-state index in [1.165, 1.54) is 0 Å².